The van der Waals surface area contributed by atoms with Gasteiger partial charge in [-0.15, -0.1) is 0 Å². The molecule has 6 nitrogen and oxygen atoms in total. The first kappa shape index (κ1) is 62.4. The molecule has 64 heavy (non-hydrogen) atoms. The number of rotatable bonds is 53. The maximum atomic E-state index is 12.8. The highest BCUT2D eigenvalue weighted by Gasteiger charge is 2.19. The largest absolute Gasteiger partial charge is 0.462 e. The summed E-state index contributed by atoms with van der Waals surface area (Å²) in [5, 5.41) is 0. The van der Waals surface area contributed by atoms with Gasteiger partial charge in [0.1, 0.15) is 13.2 Å². The summed E-state index contributed by atoms with van der Waals surface area (Å²) in [5.41, 5.74) is 0. The molecule has 0 aromatic rings. The Morgan fingerprint density at radius 3 is 0.812 bits per heavy atom. The molecule has 0 saturated carbocycles. The summed E-state index contributed by atoms with van der Waals surface area (Å²) in [6, 6.07) is 0. The standard InChI is InChI=1S/C58H112O6/c1-5-8-10-12-14-16-18-19-20-21-22-23-28-31-35-39-43-47-51-58(61)64-55(52-62-56(59)49-45-41-37-33-17-15-13-11-9-6-2)53-63-57(60)50-46-42-38-34-30-27-25-24-26-29-32-36-40-44-48-54(4)7-3/h54-55H,5-53H2,1-4H3/t54?,55-/m0/s1. The van der Waals surface area contributed by atoms with Crippen LogP contribution in [0.15, 0.2) is 0 Å². The number of ether oxygens (including phenoxy) is 3. The molecular weight excluding hydrogens is 793 g/mol. The second kappa shape index (κ2) is 52.4. The first-order valence-corrected chi connectivity index (χ1v) is 28.9. The highest BCUT2D eigenvalue weighted by molar-refractivity contribution is 5.71. The molecule has 380 valence electrons. The van der Waals surface area contributed by atoms with Gasteiger partial charge in [-0.2, -0.15) is 0 Å². The lowest BCUT2D eigenvalue weighted by Crippen LogP contribution is -2.30. The van der Waals surface area contributed by atoms with Crippen molar-refractivity contribution >= 4 is 17.9 Å². The monoisotopic (exact) mass is 905 g/mol. The summed E-state index contributed by atoms with van der Waals surface area (Å²) in [6.07, 6.45) is 56.6. The van der Waals surface area contributed by atoms with Crippen LogP contribution in [0.2, 0.25) is 0 Å². The third-order valence-corrected chi connectivity index (χ3v) is 13.7. The number of carbonyl (C=O) groups is 3. The molecule has 6 heteroatoms. The van der Waals surface area contributed by atoms with Crippen molar-refractivity contribution in [3.05, 3.63) is 0 Å². The molecule has 0 aliphatic rings. The van der Waals surface area contributed by atoms with Crippen LogP contribution in [0.4, 0.5) is 0 Å². The van der Waals surface area contributed by atoms with E-state index < -0.39 is 6.10 Å². The van der Waals surface area contributed by atoms with Crippen molar-refractivity contribution < 1.29 is 28.6 Å². The van der Waals surface area contributed by atoms with Crippen molar-refractivity contribution in [1.29, 1.82) is 0 Å². The van der Waals surface area contributed by atoms with E-state index >= 15 is 0 Å². The van der Waals surface area contributed by atoms with E-state index in [0.717, 1.165) is 63.7 Å². The molecule has 1 unspecified atom stereocenters. The smallest absolute Gasteiger partial charge is 0.306 e. The van der Waals surface area contributed by atoms with Gasteiger partial charge in [-0.1, -0.05) is 291 Å². The molecule has 0 saturated heterocycles. The van der Waals surface area contributed by atoms with Crippen molar-refractivity contribution in [3.8, 4) is 0 Å². The molecule has 0 rings (SSSR count). The third-order valence-electron chi connectivity index (χ3n) is 13.7. The lowest BCUT2D eigenvalue weighted by Gasteiger charge is -2.18. The summed E-state index contributed by atoms with van der Waals surface area (Å²) in [7, 11) is 0. The van der Waals surface area contributed by atoms with E-state index in [2.05, 4.69) is 27.7 Å². The molecule has 0 fully saturated rings. The van der Waals surface area contributed by atoms with Gasteiger partial charge in [0.2, 0.25) is 0 Å². The molecule has 0 N–H and O–H groups in total. The van der Waals surface area contributed by atoms with Gasteiger partial charge in [0, 0.05) is 19.3 Å². The summed E-state index contributed by atoms with van der Waals surface area (Å²) in [5.74, 6) is 0.0581. The van der Waals surface area contributed by atoms with E-state index in [1.165, 1.54) is 225 Å². The van der Waals surface area contributed by atoms with Crippen LogP contribution in [-0.4, -0.2) is 37.2 Å². The second-order valence-corrected chi connectivity index (χ2v) is 20.2. The molecule has 0 spiro atoms. The number of unbranched alkanes of at least 4 members (excludes halogenated alkanes) is 39. The zero-order valence-corrected chi connectivity index (χ0v) is 43.8. The van der Waals surface area contributed by atoms with Crippen LogP contribution in [0, 0.1) is 5.92 Å². The minimum absolute atomic E-state index is 0.0620. The van der Waals surface area contributed by atoms with Gasteiger partial charge in [-0.05, 0) is 25.2 Å². The summed E-state index contributed by atoms with van der Waals surface area (Å²) >= 11 is 0. The Balaban J connectivity index is 4.24. The maximum absolute atomic E-state index is 12.8. The van der Waals surface area contributed by atoms with Crippen LogP contribution in [0.1, 0.15) is 329 Å². The van der Waals surface area contributed by atoms with Crippen LogP contribution >= 0.6 is 0 Å². The number of hydrogen-bond acceptors (Lipinski definition) is 6. The Morgan fingerprint density at radius 1 is 0.312 bits per heavy atom. The van der Waals surface area contributed by atoms with Crippen LogP contribution < -0.4 is 0 Å². The Labute approximate surface area is 399 Å². The number of carbonyl (C=O) groups excluding carboxylic acids is 3. The van der Waals surface area contributed by atoms with Crippen molar-refractivity contribution in [2.24, 2.45) is 5.92 Å². The molecule has 0 aliphatic carbocycles. The minimum atomic E-state index is -0.761. The average molecular weight is 906 g/mol. The van der Waals surface area contributed by atoms with E-state index in [0.29, 0.717) is 19.3 Å². The highest BCUT2D eigenvalue weighted by Crippen LogP contribution is 2.18. The molecular formula is C58H112O6. The van der Waals surface area contributed by atoms with Gasteiger partial charge in [0.05, 0.1) is 0 Å². The SMILES string of the molecule is CCCCCCCCCCCCCCCCCCCCC(=O)O[C@@H](COC(=O)CCCCCCCCCCCC)COC(=O)CCCCCCCCCCCCCCCCC(C)CC. The molecule has 0 aromatic heterocycles. The number of esters is 3. The van der Waals surface area contributed by atoms with Gasteiger partial charge < -0.3 is 14.2 Å². The molecule has 0 aromatic carbocycles. The highest BCUT2D eigenvalue weighted by atomic mass is 16.6. The predicted molar refractivity (Wildman–Crippen MR) is 275 cm³/mol. The summed E-state index contributed by atoms with van der Waals surface area (Å²) in [4.78, 5) is 38.1. The summed E-state index contributed by atoms with van der Waals surface area (Å²) in [6.45, 7) is 9.09. The first-order valence-electron chi connectivity index (χ1n) is 28.9. The summed E-state index contributed by atoms with van der Waals surface area (Å²) < 4.78 is 16.9. The first-order chi connectivity index (χ1) is 31.4. The Bertz CT molecular complexity index is 966. The average Bonchev–Trinajstić information content (AvgIpc) is 3.29. The maximum Gasteiger partial charge on any atom is 0.306 e. The van der Waals surface area contributed by atoms with Crippen molar-refractivity contribution in [2.75, 3.05) is 13.2 Å². The van der Waals surface area contributed by atoms with Crippen LogP contribution in [0.3, 0.4) is 0 Å². The van der Waals surface area contributed by atoms with Gasteiger partial charge in [0.25, 0.3) is 0 Å². The van der Waals surface area contributed by atoms with Crippen LogP contribution in [0.25, 0.3) is 0 Å². The Morgan fingerprint density at radius 2 is 0.547 bits per heavy atom. The van der Waals surface area contributed by atoms with Crippen LogP contribution in [0.5, 0.6) is 0 Å². The molecule has 0 radical (unpaired) electrons. The van der Waals surface area contributed by atoms with Crippen molar-refractivity contribution in [2.45, 2.75) is 336 Å². The second-order valence-electron chi connectivity index (χ2n) is 20.2. The van der Waals surface area contributed by atoms with Gasteiger partial charge in [-0.3, -0.25) is 14.4 Å². The van der Waals surface area contributed by atoms with Crippen molar-refractivity contribution in [3.63, 3.8) is 0 Å². The fourth-order valence-corrected chi connectivity index (χ4v) is 8.89. The normalized spacial score (nSPS) is 12.4. The molecule has 0 aliphatic heterocycles. The molecule has 0 bridgehead atoms. The molecule has 0 amide bonds. The van der Waals surface area contributed by atoms with Gasteiger partial charge >= 0.3 is 17.9 Å². The van der Waals surface area contributed by atoms with Crippen LogP contribution in [-0.2, 0) is 28.6 Å². The van der Waals surface area contributed by atoms with Gasteiger partial charge in [0.15, 0.2) is 6.10 Å². The fourth-order valence-electron chi connectivity index (χ4n) is 8.89. The zero-order chi connectivity index (χ0) is 46.7. The Hall–Kier alpha value is -1.59. The topological polar surface area (TPSA) is 78.9 Å². The minimum Gasteiger partial charge on any atom is -0.462 e. The quantitative estimate of drug-likeness (QED) is 0.0344. The Kier molecular flexibility index (Phi) is 51.1. The van der Waals surface area contributed by atoms with E-state index in [1.54, 1.807) is 0 Å². The van der Waals surface area contributed by atoms with Crippen molar-refractivity contribution in [1.82, 2.24) is 0 Å². The molecule has 2 atom stereocenters. The fraction of sp³-hybridized carbons (Fsp3) is 0.948. The van der Waals surface area contributed by atoms with E-state index in [9.17, 15) is 14.4 Å². The van der Waals surface area contributed by atoms with E-state index in [4.69, 9.17) is 14.2 Å². The number of hydrogen-bond donors (Lipinski definition) is 0. The predicted octanol–water partition coefficient (Wildman–Crippen LogP) is 19.0. The van der Waals surface area contributed by atoms with E-state index in [1.807, 2.05) is 0 Å². The zero-order valence-electron chi connectivity index (χ0n) is 43.8. The lowest BCUT2D eigenvalue weighted by molar-refractivity contribution is -0.167. The lowest BCUT2D eigenvalue weighted by atomic mass is 9.99. The third kappa shape index (κ3) is 49.8. The molecule has 0 heterocycles. The van der Waals surface area contributed by atoms with E-state index in [-0.39, 0.29) is 31.1 Å². The van der Waals surface area contributed by atoms with Gasteiger partial charge in [-0.25, -0.2) is 0 Å².